The minimum absolute atomic E-state index is 0.128. The lowest BCUT2D eigenvalue weighted by Crippen LogP contribution is -2.13. The molecule has 1 atom stereocenters. The van der Waals surface area contributed by atoms with Crippen LogP contribution in [0.25, 0.3) is 22.3 Å². The van der Waals surface area contributed by atoms with Crippen LogP contribution in [0.4, 0.5) is 0 Å². The minimum Gasteiger partial charge on any atom is -0.309 e. The standard InChI is InChI=1S/C24H20N6OS/c1-16(21-26-20-10-6-5-9-19(20)23(31)27-21)32-24-29-28-22(18-11-13-25-14-12-18)30(24)15-17-7-3-2-4-8-17/h2-14,16H,15H2,1H3,(H,26,27,31). The van der Waals surface area contributed by atoms with Crippen LogP contribution in [0.5, 0.6) is 0 Å². The summed E-state index contributed by atoms with van der Waals surface area (Å²) in [5, 5.41) is 10.2. The first-order valence-electron chi connectivity index (χ1n) is 10.2. The second kappa shape index (κ2) is 8.76. The van der Waals surface area contributed by atoms with Crippen LogP contribution in [0.3, 0.4) is 0 Å². The van der Waals surface area contributed by atoms with Crippen molar-refractivity contribution in [3.05, 3.63) is 101 Å². The highest BCUT2D eigenvalue weighted by Crippen LogP contribution is 2.34. The molecule has 0 fully saturated rings. The lowest BCUT2D eigenvalue weighted by atomic mass is 10.2. The molecule has 3 aromatic heterocycles. The molecule has 5 rings (SSSR count). The first-order valence-corrected chi connectivity index (χ1v) is 11.1. The van der Waals surface area contributed by atoms with Crippen LogP contribution in [0.2, 0.25) is 0 Å². The predicted octanol–water partition coefficient (Wildman–Crippen LogP) is 4.48. The Morgan fingerprint density at radius 1 is 0.969 bits per heavy atom. The Balaban J connectivity index is 1.52. The molecule has 32 heavy (non-hydrogen) atoms. The van der Waals surface area contributed by atoms with Gasteiger partial charge in [-0.05, 0) is 36.8 Å². The van der Waals surface area contributed by atoms with E-state index in [1.165, 1.54) is 11.8 Å². The second-order valence-electron chi connectivity index (χ2n) is 7.34. The largest absolute Gasteiger partial charge is 0.309 e. The van der Waals surface area contributed by atoms with Gasteiger partial charge in [-0.25, -0.2) is 4.98 Å². The van der Waals surface area contributed by atoms with E-state index in [1.807, 2.05) is 55.5 Å². The minimum atomic E-state index is -0.138. The highest BCUT2D eigenvalue weighted by atomic mass is 32.2. The van der Waals surface area contributed by atoms with Crippen LogP contribution in [0.15, 0.2) is 89.1 Å². The van der Waals surface area contributed by atoms with Gasteiger partial charge in [-0.15, -0.1) is 10.2 Å². The second-order valence-corrected chi connectivity index (χ2v) is 8.65. The third kappa shape index (κ3) is 4.04. The maximum absolute atomic E-state index is 12.5. The quantitative estimate of drug-likeness (QED) is 0.392. The summed E-state index contributed by atoms with van der Waals surface area (Å²) >= 11 is 1.52. The number of aromatic amines is 1. The third-order valence-electron chi connectivity index (χ3n) is 5.14. The number of rotatable bonds is 6. The Hall–Kier alpha value is -3.78. The lowest BCUT2D eigenvalue weighted by molar-refractivity contribution is 0.711. The SMILES string of the molecule is CC(Sc1nnc(-c2ccncc2)n1Cc1ccccc1)c1nc2ccccc2c(=O)[nH]1. The lowest BCUT2D eigenvalue weighted by Gasteiger charge is -2.14. The molecule has 1 unspecified atom stereocenters. The Morgan fingerprint density at radius 2 is 1.72 bits per heavy atom. The van der Waals surface area contributed by atoms with Gasteiger partial charge in [0.15, 0.2) is 11.0 Å². The molecule has 0 aliphatic carbocycles. The molecule has 0 spiro atoms. The molecule has 0 amide bonds. The van der Waals surface area contributed by atoms with Gasteiger partial charge in [-0.1, -0.05) is 54.2 Å². The van der Waals surface area contributed by atoms with Gasteiger partial charge in [0.2, 0.25) is 0 Å². The van der Waals surface area contributed by atoms with E-state index in [0.717, 1.165) is 22.1 Å². The number of aromatic nitrogens is 6. The predicted molar refractivity (Wildman–Crippen MR) is 125 cm³/mol. The van der Waals surface area contributed by atoms with Gasteiger partial charge in [-0.2, -0.15) is 0 Å². The first-order chi connectivity index (χ1) is 15.7. The average Bonchev–Trinajstić information content (AvgIpc) is 3.22. The molecule has 158 valence electrons. The van der Waals surface area contributed by atoms with E-state index in [-0.39, 0.29) is 10.8 Å². The van der Waals surface area contributed by atoms with Crippen molar-refractivity contribution in [1.82, 2.24) is 29.7 Å². The average molecular weight is 441 g/mol. The summed E-state index contributed by atoms with van der Waals surface area (Å²) in [4.78, 5) is 24.2. The Bertz CT molecular complexity index is 1420. The van der Waals surface area contributed by atoms with Crippen molar-refractivity contribution >= 4 is 22.7 Å². The van der Waals surface area contributed by atoms with Crippen molar-refractivity contribution < 1.29 is 0 Å². The van der Waals surface area contributed by atoms with Gasteiger partial charge in [0, 0.05) is 18.0 Å². The topological polar surface area (TPSA) is 89.3 Å². The van der Waals surface area contributed by atoms with Crippen LogP contribution in [0.1, 0.15) is 23.6 Å². The van der Waals surface area contributed by atoms with Crippen molar-refractivity contribution in [2.75, 3.05) is 0 Å². The molecule has 0 aliphatic heterocycles. The third-order valence-corrected chi connectivity index (χ3v) is 6.23. The molecule has 0 radical (unpaired) electrons. The van der Waals surface area contributed by atoms with E-state index in [9.17, 15) is 4.79 Å². The maximum Gasteiger partial charge on any atom is 0.258 e. The summed E-state index contributed by atoms with van der Waals surface area (Å²) in [5.74, 6) is 1.38. The maximum atomic E-state index is 12.5. The van der Waals surface area contributed by atoms with Crippen LogP contribution < -0.4 is 5.56 Å². The zero-order valence-electron chi connectivity index (χ0n) is 17.3. The van der Waals surface area contributed by atoms with Crippen LogP contribution in [0, 0.1) is 0 Å². The fraction of sp³-hybridized carbons (Fsp3) is 0.125. The molecule has 8 heteroatoms. The van der Waals surface area contributed by atoms with Crippen molar-refractivity contribution in [2.45, 2.75) is 23.9 Å². The molecule has 0 saturated heterocycles. The van der Waals surface area contributed by atoms with Crippen molar-refractivity contribution in [3.63, 3.8) is 0 Å². The first kappa shape index (κ1) is 20.1. The number of H-pyrrole nitrogens is 1. The van der Waals surface area contributed by atoms with Gasteiger partial charge in [-0.3, -0.25) is 14.3 Å². The van der Waals surface area contributed by atoms with Crippen LogP contribution in [-0.4, -0.2) is 29.7 Å². The summed E-state index contributed by atoms with van der Waals surface area (Å²) in [6.45, 7) is 2.63. The summed E-state index contributed by atoms with van der Waals surface area (Å²) in [6, 6.07) is 21.4. The highest BCUT2D eigenvalue weighted by molar-refractivity contribution is 7.99. The molecule has 1 N–H and O–H groups in total. The molecule has 7 nitrogen and oxygen atoms in total. The van der Waals surface area contributed by atoms with Crippen LogP contribution >= 0.6 is 11.8 Å². The molecule has 0 bridgehead atoms. The number of benzene rings is 2. The normalized spacial score (nSPS) is 12.2. The molecule has 2 aromatic carbocycles. The monoisotopic (exact) mass is 440 g/mol. The fourth-order valence-corrected chi connectivity index (χ4v) is 4.42. The summed E-state index contributed by atoms with van der Waals surface area (Å²) in [5.41, 5.74) is 2.64. The van der Waals surface area contributed by atoms with E-state index < -0.39 is 0 Å². The smallest absolute Gasteiger partial charge is 0.258 e. The van der Waals surface area contributed by atoms with Gasteiger partial charge < -0.3 is 4.98 Å². The number of nitrogens with one attached hydrogen (secondary N) is 1. The zero-order valence-corrected chi connectivity index (χ0v) is 18.2. The molecule has 0 saturated carbocycles. The molecule has 5 aromatic rings. The molecular weight excluding hydrogens is 420 g/mol. The number of para-hydroxylation sites is 1. The summed E-state index contributed by atoms with van der Waals surface area (Å²) in [7, 11) is 0. The van der Waals surface area contributed by atoms with Crippen molar-refractivity contribution in [3.8, 4) is 11.4 Å². The number of thioether (sulfide) groups is 1. The number of nitrogens with zero attached hydrogens (tertiary/aromatic N) is 5. The Morgan fingerprint density at radius 3 is 2.53 bits per heavy atom. The Labute approximate surface area is 188 Å². The zero-order chi connectivity index (χ0) is 21.9. The number of hydrogen-bond acceptors (Lipinski definition) is 6. The number of pyridine rings is 1. The van der Waals surface area contributed by atoms with E-state index in [4.69, 9.17) is 0 Å². The van der Waals surface area contributed by atoms with E-state index in [2.05, 4.69) is 41.8 Å². The van der Waals surface area contributed by atoms with E-state index >= 15 is 0 Å². The Kier molecular flexibility index (Phi) is 5.51. The van der Waals surface area contributed by atoms with E-state index in [0.29, 0.717) is 23.3 Å². The van der Waals surface area contributed by atoms with Crippen molar-refractivity contribution in [1.29, 1.82) is 0 Å². The summed E-state index contributed by atoms with van der Waals surface area (Å²) < 4.78 is 2.09. The van der Waals surface area contributed by atoms with E-state index in [1.54, 1.807) is 18.5 Å². The van der Waals surface area contributed by atoms with Gasteiger partial charge in [0.1, 0.15) is 5.82 Å². The van der Waals surface area contributed by atoms with Gasteiger partial charge >= 0.3 is 0 Å². The summed E-state index contributed by atoms with van der Waals surface area (Å²) in [6.07, 6.45) is 3.49. The van der Waals surface area contributed by atoms with Crippen LogP contribution in [-0.2, 0) is 6.54 Å². The van der Waals surface area contributed by atoms with Gasteiger partial charge in [0.25, 0.3) is 5.56 Å². The highest BCUT2D eigenvalue weighted by Gasteiger charge is 2.20. The molecular formula is C24H20N6OS. The number of hydrogen-bond donors (Lipinski definition) is 1. The van der Waals surface area contributed by atoms with Crippen molar-refractivity contribution in [2.24, 2.45) is 0 Å². The van der Waals surface area contributed by atoms with Gasteiger partial charge in [0.05, 0.1) is 22.7 Å². The fourth-order valence-electron chi connectivity index (χ4n) is 3.51. The molecule has 3 heterocycles. The molecule has 0 aliphatic rings. The number of fused-ring (bicyclic) bond motifs is 1.